The molecule has 2 aromatic rings. The molecule has 1 saturated heterocycles. The van der Waals surface area contributed by atoms with Crippen LogP contribution in [0.3, 0.4) is 0 Å². The van der Waals surface area contributed by atoms with Crippen molar-refractivity contribution in [1.82, 2.24) is 4.90 Å². The number of aryl methyl sites for hydroxylation is 2. The molecule has 0 bridgehead atoms. The fraction of sp³-hybridized carbons (Fsp3) is 0.350. The molecule has 0 saturated carbocycles. The molecule has 3 nitrogen and oxygen atoms in total. The zero-order valence-corrected chi connectivity index (χ0v) is 15.0. The first kappa shape index (κ1) is 16.8. The summed E-state index contributed by atoms with van der Waals surface area (Å²) in [4.78, 5) is 17.0. The van der Waals surface area contributed by atoms with Gasteiger partial charge in [0.05, 0.1) is 10.6 Å². The third-order valence-corrected chi connectivity index (χ3v) is 5.02. The van der Waals surface area contributed by atoms with E-state index < -0.39 is 0 Å². The smallest absolute Gasteiger partial charge is 0.255 e. The minimum atomic E-state index is 0.0285. The zero-order valence-electron chi connectivity index (χ0n) is 14.3. The molecule has 24 heavy (non-hydrogen) atoms. The van der Waals surface area contributed by atoms with Crippen LogP contribution < -0.4 is 4.90 Å². The number of amides is 1. The summed E-state index contributed by atoms with van der Waals surface area (Å²) in [5.41, 5.74) is 4.61. The first-order valence-corrected chi connectivity index (χ1v) is 8.87. The third-order valence-electron chi connectivity index (χ3n) is 4.69. The summed E-state index contributed by atoms with van der Waals surface area (Å²) in [6.45, 7) is 7.51. The molecule has 0 unspecified atom stereocenters. The van der Waals surface area contributed by atoms with Crippen molar-refractivity contribution in [1.29, 1.82) is 0 Å². The number of piperazine rings is 1. The molecule has 0 atom stereocenters. The molecule has 1 aliphatic rings. The van der Waals surface area contributed by atoms with Crippen molar-refractivity contribution in [2.24, 2.45) is 0 Å². The van der Waals surface area contributed by atoms with Gasteiger partial charge in [-0.3, -0.25) is 4.79 Å². The maximum absolute atomic E-state index is 12.7. The van der Waals surface area contributed by atoms with Gasteiger partial charge in [0.25, 0.3) is 5.91 Å². The second-order valence-electron chi connectivity index (χ2n) is 6.20. The average Bonchev–Trinajstić information content (AvgIpc) is 2.61. The van der Waals surface area contributed by atoms with E-state index in [0.717, 1.165) is 32.6 Å². The summed E-state index contributed by atoms with van der Waals surface area (Å²) in [7, 11) is 0. The SMILES string of the molecule is CCc1cccc(C)c1N1CCN(C(=O)c2ccccc2Cl)CC1. The summed E-state index contributed by atoms with van der Waals surface area (Å²) in [6.07, 6.45) is 1.02. The minimum Gasteiger partial charge on any atom is -0.368 e. The number of hydrogen-bond acceptors (Lipinski definition) is 2. The Balaban J connectivity index is 1.73. The van der Waals surface area contributed by atoms with Crippen LogP contribution in [-0.2, 0) is 6.42 Å². The first-order valence-electron chi connectivity index (χ1n) is 8.49. The van der Waals surface area contributed by atoms with Gasteiger partial charge >= 0.3 is 0 Å². The highest BCUT2D eigenvalue weighted by atomic mass is 35.5. The summed E-state index contributed by atoms with van der Waals surface area (Å²) in [5, 5.41) is 0.525. The van der Waals surface area contributed by atoms with Gasteiger partial charge in [0.15, 0.2) is 0 Å². The van der Waals surface area contributed by atoms with Crippen LogP contribution in [0.15, 0.2) is 42.5 Å². The van der Waals surface area contributed by atoms with Crippen LogP contribution in [0.2, 0.25) is 5.02 Å². The number of para-hydroxylation sites is 1. The van der Waals surface area contributed by atoms with E-state index in [2.05, 4.69) is 36.9 Å². The van der Waals surface area contributed by atoms with E-state index >= 15 is 0 Å². The van der Waals surface area contributed by atoms with Crippen molar-refractivity contribution in [3.8, 4) is 0 Å². The number of halogens is 1. The predicted molar refractivity (Wildman–Crippen MR) is 100 cm³/mol. The zero-order chi connectivity index (χ0) is 17.1. The van der Waals surface area contributed by atoms with E-state index in [0.29, 0.717) is 10.6 Å². The first-order chi connectivity index (χ1) is 11.6. The van der Waals surface area contributed by atoms with Gasteiger partial charge in [0, 0.05) is 31.9 Å². The molecular formula is C20H23ClN2O. The number of carbonyl (C=O) groups excluding carboxylic acids is 1. The Morgan fingerprint density at radius 2 is 1.75 bits per heavy atom. The van der Waals surface area contributed by atoms with Crippen molar-refractivity contribution in [3.63, 3.8) is 0 Å². The van der Waals surface area contributed by atoms with Crippen molar-refractivity contribution in [2.45, 2.75) is 20.3 Å². The number of rotatable bonds is 3. The van der Waals surface area contributed by atoms with Gasteiger partial charge in [0.1, 0.15) is 0 Å². The van der Waals surface area contributed by atoms with Crippen LogP contribution in [0.4, 0.5) is 5.69 Å². The molecule has 1 amide bonds. The van der Waals surface area contributed by atoms with E-state index in [4.69, 9.17) is 11.6 Å². The topological polar surface area (TPSA) is 23.6 Å². The van der Waals surface area contributed by atoms with Gasteiger partial charge in [-0.2, -0.15) is 0 Å². The number of carbonyl (C=O) groups is 1. The number of anilines is 1. The van der Waals surface area contributed by atoms with Crippen LogP contribution in [-0.4, -0.2) is 37.0 Å². The number of benzene rings is 2. The minimum absolute atomic E-state index is 0.0285. The molecule has 3 rings (SSSR count). The highest BCUT2D eigenvalue weighted by Crippen LogP contribution is 2.27. The molecular weight excluding hydrogens is 320 g/mol. The van der Waals surface area contributed by atoms with Crippen molar-refractivity contribution >= 4 is 23.2 Å². The van der Waals surface area contributed by atoms with E-state index in [9.17, 15) is 4.79 Å². The molecule has 0 aliphatic carbocycles. The van der Waals surface area contributed by atoms with E-state index in [1.54, 1.807) is 12.1 Å². The van der Waals surface area contributed by atoms with E-state index in [1.807, 2.05) is 17.0 Å². The maximum atomic E-state index is 12.7. The highest BCUT2D eigenvalue weighted by Gasteiger charge is 2.24. The average molecular weight is 343 g/mol. The molecule has 1 aliphatic heterocycles. The van der Waals surface area contributed by atoms with Crippen molar-refractivity contribution < 1.29 is 4.79 Å². The predicted octanol–water partition coefficient (Wildman–Crippen LogP) is 4.17. The lowest BCUT2D eigenvalue weighted by Crippen LogP contribution is -2.49. The molecule has 0 spiro atoms. The molecule has 0 aromatic heterocycles. The van der Waals surface area contributed by atoms with Crippen LogP contribution in [0, 0.1) is 6.92 Å². The van der Waals surface area contributed by atoms with E-state index in [1.165, 1.54) is 16.8 Å². The molecule has 126 valence electrons. The fourth-order valence-corrected chi connectivity index (χ4v) is 3.61. The Kier molecular flexibility index (Phi) is 5.10. The lowest BCUT2D eigenvalue weighted by molar-refractivity contribution is 0.0747. The number of nitrogens with zero attached hydrogens (tertiary/aromatic N) is 2. The summed E-state index contributed by atoms with van der Waals surface area (Å²) >= 11 is 6.17. The lowest BCUT2D eigenvalue weighted by Gasteiger charge is -2.38. The monoisotopic (exact) mass is 342 g/mol. The highest BCUT2D eigenvalue weighted by molar-refractivity contribution is 6.33. The Morgan fingerprint density at radius 3 is 2.42 bits per heavy atom. The summed E-state index contributed by atoms with van der Waals surface area (Å²) in [5.74, 6) is 0.0285. The molecule has 4 heteroatoms. The van der Waals surface area contributed by atoms with Gasteiger partial charge in [0.2, 0.25) is 0 Å². The second kappa shape index (κ2) is 7.27. The molecule has 2 aromatic carbocycles. The van der Waals surface area contributed by atoms with Crippen LogP contribution in [0.5, 0.6) is 0 Å². The Hall–Kier alpha value is -2.00. The quantitative estimate of drug-likeness (QED) is 0.835. The Morgan fingerprint density at radius 1 is 1.04 bits per heavy atom. The summed E-state index contributed by atoms with van der Waals surface area (Å²) < 4.78 is 0. The standard InChI is InChI=1S/C20H23ClN2O/c1-3-16-8-6-7-15(2)19(16)22-11-13-23(14-12-22)20(24)17-9-4-5-10-18(17)21/h4-10H,3,11-14H2,1-2H3. The van der Waals surface area contributed by atoms with Gasteiger partial charge in [-0.05, 0) is 36.6 Å². The van der Waals surface area contributed by atoms with Crippen molar-refractivity contribution in [2.75, 3.05) is 31.1 Å². The third kappa shape index (κ3) is 3.27. The second-order valence-corrected chi connectivity index (χ2v) is 6.60. The lowest BCUT2D eigenvalue weighted by atomic mass is 10.0. The molecule has 0 radical (unpaired) electrons. The van der Waals surface area contributed by atoms with Crippen LogP contribution in [0.25, 0.3) is 0 Å². The van der Waals surface area contributed by atoms with Crippen LogP contribution >= 0.6 is 11.6 Å². The number of hydrogen-bond donors (Lipinski definition) is 0. The fourth-order valence-electron chi connectivity index (χ4n) is 3.40. The van der Waals surface area contributed by atoms with Crippen molar-refractivity contribution in [3.05, 3.63) is 64.2 Å². The summed E-state index contributed by atoms with van der Waals surface area (Å²) in [6, 6.07) is 13.8. The van der Waals surface area contributed by atoms with E-state index in [-0.39, 0.29) is 5.91 Å². The van der Waals surface area contributed by atoms with Gasteiger partial charge in [-0.25, -0.2) is 0 Å². The van der Waals surface area contributed by atoms with Gasteiger partial charge in [-0.15, -0.1) is 0 Å². The largest absolute Gasteiger partial charge is 0.368 e. The maximum Gasteiger partial charge on any atom is 0.255 e. The normalized spacial score (nSPS) is 14.8. The molecule has 1 heterocycles. The molecule has 0 N–H and O–H groups in total. The van der Waals surface area contributed by atoms with Gasteiger partial charge < -0.3 is 9.80 Å². The molecule has 1 fully saturated rings. The Labute approximate surface area is 148 Å². The van der Waals surface area contributed by atoms with Gasteiger partial charge in [-0.1, -0.05) is 48.9 Å². The Bertz CT molecular complexity index is 736. The van der Waals surface area contributed by atoms with Crippen LogP contribution in [0.1, 0.15) is 28.4 Å².